The Morgan fingerprint density at radius 2 is 1.16 bits per heavy atom. The van der Waals surface area contributed by atoms with Gasteiger partial charge < -0.3 is 20.1 Å². The molecule has 0 heterocycles. The van der Waals surface area contributed by atoms with E-state index in [1.165, 1.54) is 96.3 Å². The lowest BCUT2D eigenvalue weighted by atomic mass is 10.1. The van der Waals surface area contributed by atoms with Gasteiger partial charge in [0.05, 0.1) is 19.8 Å². The fourth-order valence-electron chi connectivity index (χ4n) is 4.81. The molecule has 9 heteroatoms. The van der Waals surface area contributed by atoms with Crippen molar-refractivity contribution >= 4 is 13.8 Å². The average molecular weight is 634 g/mol. The van der Waals surface area contributed by atoms with Crippen LogP contribution in [0.3, 0.4) is 0 Å². The summed E-state index contributed by atoms with van der Waals surface area (Å²) in [5.74, 6) is -0.340. The van der Waals surface area contributed by atoms with Gasteiger partial charge in [0.25, 0.3) is 0 Å². The van der Waals surface area contributed by atoms with E-state index < -0.39 is 13.9 Å². The number of unbranched alkanes of at least 4 members (excludes halogenated alkanes) is 19. The van der Waals surface area contributed by atoms with Gasteiger partial charge in [-0.05, 0) is 38.5 Å². The quantitative estimate of drug-likeness (QED) is 0.0311. The molecule has 0 rings (SSSR count). The van der Waals surface area contributed by atoms with Gasteiger partial charge in [-0.3, -0.25) is 13.8 Å². The predicted octanol–water partition coefficient (Wildman–Crippen LogP) is 9.58. The van der Waals surface area contributed by atoms with Crippen LogP contribution in [-0.4, -0.2) is 49.9 Å². The molecular formula is C34H68NO7P. The summed E-state index contributed by atoms with van der Waals surface area (Å²) < 4.78 is 33.1. The minimum absolute atomic E-state index is 0.0945. The predicted molar refractivity (Wildman–Crippen MR) is 178 cm³/mol. The van der Waals surface area contributed by atoms with Gasteiger partial charge in [0.2, 0.25) is 0 Å². The highest BCUT2D eigenvalue weighted by atomic mass is 31.2. The number of rotatable bonds is 34. The first-order chi connectivity index (χ1) is 20.9. The number of phosphoric acid groups is 1. The van der Waals surface area contributed by atoms with Gasteiger partial charge in [0.1, 0.15) is 6.10 Å². The van der Waals surface area contributed by atoms with Crippen LogP contribution in [0, 0.1) is 0 Å². The van der Waals surface area contributed by atoms with Gasteiger partial charge in [0, 0.05) is 19.6 Å². The van der Waals surface area contributed by atoms with E-state index in [2.05, 4.69) is 26.0 Å². The number of allylic oxidation sites excluding steroid dienone is 2. The SMILES string of the molecule is CCCCCCCCC/C=C\CCCCCCCC(=O)OC(COCCCCCCCCCC)COP(=O)(O)OCCN. The summed E-state index contributed by atoms with van der Waals surface area (Å²) in [7, 11) is -4.26. The molecule has 0 aromatic carbocycles. The molecule has 0 spiro atoms. The normalized spacial score (nSPS) is 13.9. The molecule has 0 aliphatic carbocycles. The molecule has 256 valence electrons. The largest absolute Gasteiger partial charge is 0.472 e. The number of ether oxygens (including phenoxy) is 2. The standard InChI is InChI=1S/C34H68NO7P/c1-3-5-7-9-11-13-14-15-16-17-18-19-20-21-23-25-27-34(36)42-33(32-41-43(37,38)40-30-28-35)31-39-29-26-24-22-12-10-8-6-4-2/h16-17,33H,3-15,18-32,35H2,1-2H3,(H,37,38)/b17-16-. The third kappa shape index (κ3) is 32.4. The van der Waals surface area contributed by atoms with Crippen LogP contribution in [0.2, 0.25) is 0 Å². The summed E-state index contributed by atoms with van der Waals surface area (Å²) in [4.78, 5) is 22.3. The van der Waals surface area contributed by atoms with Crippen molar-refractivity contribution in [1.29, 1.82) is 0 Å². The maximum atomic E-state index is 12.5. The summed E-state index contributed by atoms with van der Waals surface area (Å²) in [5, 5.41) is 0. The fraction of sp³-hybridized carbons (Fsp3) is 0.912. The second-order valence-corrected chi connectivity index (χ2v) is 13.2. The van der Waals surface area contributed by atoms with E-state index in [4.69, 9.17) is 24.3 Å². The Balaban J connectivity index is 4.07. The first-order valence-electron chi connectivity index (χ1n) is 17.7. The topological polar surface area (TPSA) is 117 Å². The van der Waals surface area contributed by atoms with E-state index in [9.17, 15) is 14.3 Å². The monoisotopic (exact) mass is 633 g/mol. The van der Waals surface area contributed by atoms with Crippen LogP contribution in [0.15, 0.2) is 12.2 Å². The second kappa shape index (κ2) is 32.6. The third-order valence-electron chi connectivity index (χ3n) is 7.43. The van der Waals surface area contributed by atoms with Crippen molar-refractivity contribution in [3.05, 3.63) is 12.2 Å². The number of hydrogen-bond donors (Lipinski definition) is 2. The Hall–Kier alpha value is -0.760. The molecule has 0 amide bonds. The number of carbonyl (C=O) groups is 1. The Morgan fingerprint density at radius 1 is 0.674 bits per heavy atom. The molecule has 0 aromatic heterocycles. The van der Waals surface area contributed by atoms with E-state index in [1.807, 2.05) is 0 Å². The Morgan fingerprint density at radius 3 is 1.70 bits per heavy atom. The molecule has 2 atom stereocenters. The molecular weight excluding hydrogens is 565 g/mol. The molecule has 8 nitrogen and oxygen atoms in total. The second-order valence-electron chi connectivity index (χ2n) is 11.7. The Kier molecular flexibility index (Phi) is 32.1. The van der Waals surface area contributed by atoms with Gasteiger partial charge in [-0.1, -0.05) is 129 Å². The molecule has 0 bridgehead atoms. The molecule has 0 fully saturated rings. The summed E-state index contributed by atoms with van der Waals surface area (Å²) >= 11 is 0. The zero-order chi connectivity index (χ0) is 31.7. The summed E-state index contributed by atoms with van der Waals surface area (Å²) in [6.45, 7) is 4.89. The molecule has 2 unspecified atom stereocenters. The van der Waals surface area contributed by atoms with Crippen molar-refractivity contribution in [3.63, 3.8) is 0 Å². The lowest BCUT2D eigenvalue weighted by Crippen LogP contribution is -2.28. The van der Waals surface area contributed by atoms with Crippen molar-refractivity contribution < 1.29 is 32.8 Å². The minimum atomic E-state index is -4.26. The molecule has 3 N–H and O–H groups in total. The highest BCUT2D eigenvalue weighted by Crippen LogP contribution is 2.43. The van der Waals surface area contributed by atoms with Crippen LogP contribution >= 0.6 is 7.82 Å². The van der Waals surface area contributed by atoms with Crippen LogP contribution in [0.1, 0.15) is 162 Å². The highest BCUT2D eigenvalue weighted by Gasteiger charge is 2.25. The smallest absolute Gasteiger partial charge is 0.457 e. The lowest BCUT2D eigenvalue weighted by Gasteiger charge is -2.20. The number of esters is 1. The zero-order valence-electron chi connectivity index (χ0n) is 28.0. The van der Waals surface area contributed by atoms with Crippen LogP contribution in [0.5, 0.6) is 0 Å². The van der Waals surface area contributed by atoms with E-state index in [0.717, 1.165) is 44.9 Å². The molecule has 0 saturated heterocycles. The summed E-state index contributed by atoms with van der Waals surface area (Å²) in [6, 6.07) is 0. The van der Waals surface area contributed by atoms with Gasteiger partial charge in [-0.15, -0.1) is 0 Å². The van der Waals surface area contributed by atoms with Crippen LogP contribution in [0.4, 0.5) is 0 Å². The molecule has 0 aliphatic rings. The Bertz CT molecular complexity index is 677. The maximum absolute atomic E-state index is 12.5. The Labute approximate surface area is 264 Å². The summed E-state index contributed by atoms with van der Waals surface area (Å²) in [6.07, 6.45) is 30.8. The summed E-state index contributed by atoms with van der Waals surface area (Å²) in [5.41, 5.74) is 5.33. The number of nitrogens with two attached hydrogens (primary N) is 1. The van der Waals surface area contributed by atoms with Crippen molar-refractivity contribution in [2.24, 2.45) is 5.73 Å². The van der Waals surface area contributed by atoms with E-state index in [1.54, 1.807) is 0 Å². The lowest BCUT2D eigenvalue weighted by molar-refractivity contribution is -0.154. The fourth-order valence-corrected chi connectivity index (χ4v) is 5.58. The number of phosphoric ester groups is 1. The van der Waals surface area contributed by atoms with E-state index in [-0.39, 0.29) is 32.3 Å². The molecule has 0 aromatic rings. The maximum Gasteiger partial charge on any atom is 0.472 e. The number of hydrogen-bond acceptors (Lipinski definition) is 7. The first-order valence-corrected chi connectivity index (χ1v) is 19.2. The zero-order valence-corrected chi connectivity index (χ0v) is 28.8. The van der Waals surface area contributed by atoms with Crippen LogP contribution in [0.25, 0.3) is 0 Å². The van der Waals surface area contributed by atoms with Gasteiger partial charge in [-0.2, -0.15) is 0 Å². The van der Waals surface area contributed by atoms with Crippen LogP contribution in [-0.2, 0) is 27.9 Å². The molecule has 0 aliphatic heterocycles. The average Bonchev–Trinajstić information content (AvgIpc) is 2.99. The van der Waals surface area contributed by atoms with Crippen molar-refractivity contribution in [1.82, 2.24) is 0 Å². The highest BCUT2D eigenvalue weighted by molar-refractivity contribution is 7.47. The van der Waals surface area contributed by atoms with Gasteiger partial charge >= 0.3 is 13.8 Å². The van der Waals surface area contributed by atoms with E-state index in [0.29, 0.717) is 13.0 Å². The first kappa shape index (κ1) is 42.2. The van der Waals surface area contributed by atoms with Gasteiger partial charge in [-0.25, -0.2) is 4.57 Å². The van der Waals surface area contributed by atoms with Crippen LogP contribution < -0.4 is 5.73 Å². The van der Waals surface area contributed by atoms with Crippen molar-refractivity contribution in [2.45, 2.75) is 168 Å². The van der Waals surface area contributed by atoms with E-state index >= 15 is 0 Å². The van der Waals surface area contributed by atoms with Crippen molar-refractivity contribution in [2.75, 3.05) is 33.0 Å². The molecule has 43 heavy (non-hydrogen) atoms. The minimum Gasteiger partial charge on any atom is -0.457 e. The third-order valence-corrected chi connectivity index (χ3v) is 8.42. The number of carbonyl (C=O) groups excluding carboxylic acids is 1. The van der Waals surface area contributed by atoms with Gasteiger partial charge in [0.15, 0.2) is 0 Å². The molecule has 0 saturated carbocycles. The van der Waals surface area contributed by atoms with Crippen molar-refractivity contribution in [3.8, 4) is 0 Å². The molecule has 0 radical (unpaired) electrons.